The minimum atomic E-state index is -5.58. The summed E-state index contributed by atoms with van der Waals surface area (Å²) < 4.78 is 62.4. The smallest absolute Gasteiger partial charge is 0.386 e. The van der Waals surface area contributed by atoms with Crippen molar-refractivity contribution in [2.45, 2.75) is 141 Å². The molecular formula is C40H68N7O17P3S. The maximum atomic E-state index is 12.7. The van der Waals surface area contributed by atoms with Gasteiger partial charge in [0.2, 0.25) is 11.8 Å². The summed E-state index contributed by atoms with van der Waals surface area (Å²) >= 11 is 1.15. The van der Waals surface area contributed by atoms with Crippen LogP contribution in [0.3, 0.4) is 0 Å². The van der Waals surface area contributed by atoms with E-state index in [4.69, 9.17) is 19.5 Å². The molecule has 2 aromatic rings. The van der Waals surface area contributed by atoms with E-state index in [-0.39, 0.29) is 41.6 Å². The standard InChI is InChI=1S/C40H68N7O17P3S/c1-4-5-6-7-8-9-10-11-12-13-14-15-16-17-18-19-20-31(49)68-24-23-42-30(48)21-22-43-38(52)35(51)40(2,3)26-61-67(58,59)64-66(56,57)60-25-29-34(63-65(53,54)55)33(50)39(62-29)47-28-46-32-36(41)44-27-45-37(32)47/h8-9,11-12,27-29,33-35,39,50-51H,4-7,10,13-26H2,1-3H3,(H,42,48)(H,43,52)(H,56,57)(H,58,59)(H2,41,44,45)(H2,53,54,55)/b9-8+,12-11+. The molecule has 0 saturated carbocycles. The van der Waals surface area contributed by atoms with Gasteiger partial charge in [-0.15, -0.1) is 0 Å². The Kier molecular flexibility index (Phi) is 25.7. The Bertz CT molecular complexity index is 2110. The van der Waals surface area contributed by atoms with Crippen LogP contribution in [0.5, 0.6) is 0 Å². The Morgan fingerprint density at radius 3 is 2.22 bits per heavy atom. The molecule has 1 fully saturated rings. The number of aliphatic hydroxyl groups is 2. The van der Waals surface area contributed by atoms with Crippen LogP contribution in [0.4, 0.5) is 5.82 Å². The normalized spacial score (nSPS) is 20.2. The Morgan fingerprint density at radius 1 is 0.897 bits per heavy atom. The van der Waals surface area contributed by atoms with Crippen LogP contribution in [-0.4, -0.2) is 123 Å². The van der Waals surface area contributed by atoms with Gasteiger partial charge in [-0.05, 0) is 38.5 Å². The first-order valence-electron chi connectivity index (χ1n) is 22.4. The van der Waals surface area contributed by atoms with Crippen molar-refractivity contribution in [2.75, 3.05) is 37.8 Å². The molecule has 0 aromatic carbocycles. The number of thioether (sulfide) groups is 1. The number of nitrogens with zero attached hydrogens (tertiary/aromatic N) is 4. The second-order valence-electron chi connectivity index (χ2n) is 16.6. The van der Waals surface area contributed by atoms with E-state index in [1.54, 1.807) is 0 Å². The second kappa shape index (κ2) is 29.4. The highest BCUT2D eigenvalue weighted by Crippen LogP contribution is 2.61. The zero-order valence-corrected chi connectivity index (χ0v) is 42.1. The fourth-order valence-electron chi connectivity index (χ4n) is 6.62. The van der Waals surface area contributed by atoms with Crippen LogP contribution in [0.25, 0.3) is 11.2 Å². The quantitative estimate of drug-likeness (QED) is 0.0256. The van der Waals surface area contributed by atoms with Crippen molar-refractivity contribution in [3.8, 4) is 0 Å². The zero-order valence-electron chi connectivity index (χ0n) is 38.6. The zero-order chi connectivity index (χ0) is 50.4. The number of aromatic nitrogens is 4. The summed E-state index contributed by atoms with van der Waals surface area (Å²) in [4.78, 5) is 88.4. The summed E-state index contributed by atoms with van der Waals surface area (Å²) in [6.45, 7) is 2.77. The predicted octanol–water partition coefficient (Wildman–Crippen LogP) is 4.87. The highest BCUT2D eigenvalue weighted by atomic mass is 32.2. The molecule has 3 heterocycles. The molecule has 2 aromatic heterocycles. The van der Waals surface area contributed by atoms with Crippen LogP contribution in [0.1, 0.15) is 117 Å². The largest absolute Gasteiger partial charge is 0.481 e. The number of carbonyl (C=O) groups is 3. The van der Waals surface area contributed by atoms with Gasteiger partial charge >= 0.3 is 23.5 Å². The molecular weight excluding hydrogens is 975 g/mol. The molecule has 7 unspecified atom stereocenters. The van der Waals surface area contributed by atoms with Gasteiger partial charge in [0, 0.05) is 37.1 Å². The molecule has 3 rings (SSSR count). The average molecular weight is 1040 g/mol. The number of ether oxygens (including phenoxy) is 1. The highest BCUT2D eigenvalue weighted by molar-refractivity contribution is 8.13. The lowest BCUT2D eigenvalue weighted by Crippen LogP contribution is -2.46. The SMILES string of the molecule is CCCCC/C=C/C/C=C/CCCCCCCCC(=O)SCCNC(=O)CCNC(=O)C(O)C(C)(C)COP(=O)(O)OP(=O)(O)OCC1OC(n2cnc3c(N)ncnc32)C(O)C1OP(=O)(O)O. The van der Waals surface area contributed by atoms with E-state index < -0.39 is 84.6 Å². The summed E-state index contributed by atoms with van der Waals surface area (Å²) in [5, 5.41) is 26.7. The number of imidazole rings is 1. The molecule has 2 amide bonds. The summed E-state index contributed by atoms with van der Waals surface area (Å²) in [6, 6.07) is 0. The predicted molar refractivity (Wildman–Crippen MR) is 251 cm³/mol. The molecule has 1 aliphatic rings. The number of rotatable bonds is 34. The maximum Gasteiger partial charge on any atom is 0.481 e. The van der Waals surface area contributed by atoms with Crippen molar-refractivity contribution in [3.63, 3.8) is 0 Å². The van der Waals surface area contributed by atoms with Crippen LogP contribution in [-0.2, 0) is 50.7 Å². The Morgan fingerprint density at radius 2 is 1.54 bits per heavy atom. The Labute approximate surface area is 400 Å². The third kappa shape index (κ3) is 22.0. The number of unbranched alkanes of at least 4 members (excludes halogenated alkanes) is 9. The Balaban J connectivity index is 1.30. The molecule has 1 aliphatic heterocycles. The van der Waals surface area contributed by atoms with E-state index >= 15 is 0 Å². The van der Waals surface area contributed by atoms with Crippen molar-refractivity contribution in [1.29, 1.82) is 0 Å². The van der Waals surface area contributed by atoms with Gasteiger partial charge in [0.1, 0.15) is 36.3 Å². The number of anilines is 1. The number of amides is 2. The highest BCUT2D eigenvalue weighted by Gasteiger charge is 2.50. The van der Waals surface area contributed by atoms with Crippen molar-refractivity contribution in [3.05, 3.63) is 37.0 Å². The van der Waals surface area contributed by atoms with Crippen LogP contribution in [0, 0.1) is 5.41 Å². The fraction of sp³-hybridized carbons (Fsp3) is 0.700. The van der Waals surface area contributed by atoms with E-state index in [0.29, 0.717) is 12.2 Å². The van der Waals surface area contributed by atoms with Gasteiger partial charge in [-0.2, -0.15) is 4.31 Å². The van der Waals surface area contributed by atoms with Crippen LogP contribution >= 0.6 is 35.2 Å². The van der Waals surface area contributed by atoms with E-state index in [1.165, 1.54) is 39.5 Å². The monoisotopic (exact) mass is 1040 g/mol. The van der Waals surface area contributed by atoms with E-state index in [2.05, 4.69) is 65.6 Å². The van der Waals surface area contributed by atoms with Crippen molar-refractivity contribution >= 4 is 69.1 Å². The van der Waals surface area contributed by atoms with Crippen molar-refractivity contribution in [2.24, 2.45) is 5.41 Å². The van der Waals surface area contributed by atoms with Crippen LogP contribution in [0.2, 0.25) is 0 Å². The van der Waals surface area contributed by atoms with E-state index in [1.807, 2.05) is 0 Å². The van der Waals surface area contributed by atoms with Gasteiger partial charge in [0.15, 0.2) is 22.8 Å². The minimum absolute atomic E-state index is 0.0325. The van der Waals surface area contributed by atoms with Crippen molar-refractivity contribution in [1.82, 2.24) is 30.2 Å². The first-order chi connectivity index (χ1) is 32.1. The van der Waals surface area contributed by atoms with Gasteiger partial charge in [-0.3, -0.25) is 32.5 Å². The lowest BCUT2D eigenvalue weighted by atomic mass is 9.87. The third-order valence-corrected chi connectivity index (χ3v) is 14.4. The molecule has 28 heteroatoms. The topological polar surface area (TPSA) is 364 Å². The molecule has 0 spiro atoms. The number of phosphoric ester groups is 3. The number of nitrogen functional groups attached to an aromatic ring is 1. The lowest BCUT2D eigenvalue weighted by Gasteiger charge is -2.30. The van der Waals surface area contributed by atoms with Gasteiger partial charge in [-0.25, -0.2) is 28.6 Å². The number of nitrogens with two attached hydrogens (primary N) is 1. The summed E-state index contributed by atoms with van der Waals surface area (Å²) in [7, 11) is -16.4. The molecule has 24 nitrogen and oxygen atoms in total. The van der Waals surface area contributed by atoms with Crippen LogP contribution in [0.15, 0.2) is 37.0 Å². The van der Waals surface area contributed by atoms with Gasteiger partial charge in [-0.1, -0.05) is 95.4 Å². The molecule has 1 saturated heterocycles. The minimum Gasteiger partial charge on any atom is -0.386 e. The van der Waals surface area contributed by atoms with E-state index in [9.17, 15) is 57.9 Å². The van der Waals surface area contributed by atoms with E-state index in [0.717, 1.165) is 80.4 Å². The number of aliphatic hydroxyl groups excluding tert-OH is 2. The van der Waals surface area contributed by atoms with Gasteiger partial charge < -0.3 is 50.9 Å². The summed E-state index contributed by atoms with van der Waals surface area (Å²) in [6.07, 6.45) is 16.0. The van der Waals surface area contributed by atoms with Crippen LogP contribution < -0.4 is 16.4 Å². The number of carbonyl (C=O) groups excluding carboxylic acids is 3. The maximum absolute atomic E-state index is 12.7. The number of fused-ring (bicyclic) bond motifs is 1. The molecule has 7 atom stereocenters. The number of hydrogen-bond acceptors (Lipinski definition) is 18. The summed E-state index contributed by atoms with van der Waals surface area (Å²) in [5.74, 6) is -1.04. The number of phosphoric acid groups is 3. The molecule has 0 aliphatic carbocycles. The molecule has 0 radical (unpaired) electrons. The molecule has 0 bridgehead atoms. The second-order valence-corrected chi connectivity index (χ2v) is 22.0. The fourth-order valence-corrected chi connectivity index (χ4v) is 10.2. The number of hydrogen-bond donors (Lipinski definition) is 9. The first-order valence-corrected chi connectivity index (χ1v) is 27.9. The Hall–Kier alpha value is -2.96. The first kappa shape index (κ1) is 59.3. The molecule has 386 valence electrons. The van der Waals surface area contributed by atoms with Gasteiger partial charge in [0.25, 0.3) is 0 Å². The third-order valence-electron chi connectivity index (χ3n) is 10.3. The number of nitrogens with one attached hydrogen (secondary N) is 2. The number of allylic oxidation sites excluding steroid dienone is 4. The summed E-state index contributed by atoms with van der Waals surface area (Å²) in [5.41, 5.74) is 4.28. The van der Waals surface area contributed by atoms with Gasteiger partial charge in [0.05, 0.1) is 19.5 Å². The lowest BCUT2D eigenvalue weighted by molar-refractivity contribution is -0.137. The molecule has 68 heavy (non-hydrogen) atoms. The van der Waals surface area contributed by atoms with Crippen molar-refractivity contribution < 1.29 is 80.5 Å². The molecule has 10 N–H and O–H groups in total. The average Bonchev–Trinajstić information content (AvgIpc) is 3.83.